The van der Waals surface area contributed by atoms with Crippen LogP contribution in [0.3, 0.4) is 0 Å². The Bertz CT molecular complexity index is 1370. The van der Waals surface area contributed by atoms with Gasteiger partial charge in [0.05, 0.1) is 12.0 Å². The average Bonchev–Trinajstić information content (AvgIpc) is 3.59. The number of ether oxygens (including phenoxy) is 1. The van der Waals surface area contributed by atoms with Crippen molar-refractivity contribution in [2.45, 2.75) is 22.8 Å². The van der Waals surface area contributed by atoms with Gasteiger partial charge in [-0.05, 0) is 53.4 Å². The first-order chi connectivity index (χ1) is 16.6. The van der Waals surface area contributed by atoms with E-state index in [9.17, 15) is 28.2 Å². The lowest BCUT2D eigenvalue weighted by molar-refractivity contribution is -0.145. The van der Waals surface area contributed by atoms with E-state index in [2.05, 4.69) is 0 Å². The van der Waals surface area contributed by atoms with Crippen molar-refractivity contribution < 1.29 is 33.0 Å². The Morgan fingerprint density at radius 2 is 1.57 bits per heavy atom. The molecule has 0 radical (unpaired) electrons. The first-order valence-electron chi connectivity index (χ1n) is 10.6. The number of hydrogen-bond donors (Lipinski definition) is 2. The van der Waals surface area contributed by atoms with Crippen LogP contribution in [0.25, 0.3) is 11.1 Å². The van der Waals surface area contributed by atoms with E-state index in [0.29, 0.717) is 20.6 Å². The van der Waals surface area contributed by atoms with E-state index in [1.165, 1.54) is 19.2 Å². The van der Waals surface area contributed by atoms with E-state index < -0.39 is 40.0 Å². The number of aliphatic carboxylic acids is 2. The van der Waals surface area contributed by atoms with Gasteiger partial charge in [0.25, 0.3) is 0 Å². The number of halogens is 1. The molecule has 2 atom stereocenters. The standard InChI is InChI=1S/C25H22ClNO7S/c1-34-22-5-3-2-4-20(22)21-14-25(21,24(30)31)27(15-23(28)29)35(32,33)19-12-8-17(9-13-19)16-6-10-18(26)11-7-16/h2-13,21H,14-15H2,1H3,(H,28,29)(H,30,31)/t21-,25+/m0/s1. The summed E-state index contributed by atoms with van der Waals surface area (Å²) in [6, 6.07) is 19.5. The summed E-state index contributed by atoms with van der Waals surface area (Å²) >= 11 is 5.92. The lowest BCUT2D eigenvalue weighted by atomic mass is 10.0. The number of benzene rings is 3. The van der Waals surface area contributed by atoms with Gasteiger partial charge in [-0.15, -0.1) is 0 Å². The van der Waals surface area contributed by atoms with Gasteiger partial charge in [-0.3, -0.25) is 9.59 Å². The highest BCUT2D eigenvalue weighted by atomic mass is 35.5. The molecule has 1 saturated carbocycles. The molecule has 0 unspecified atom stereocenters. The summed E-state index contributed by atoms with van der Waals surface area (Å²) in [5.41, 5.74) is 0.0691. The quantitative estimate of drug-likeness (QED) is 0.440. The molecule has 3 aromatic rings. The van der Waals surface area contributed by atoms with Gasteiger partial charge in [-0.2, -0.15) is 4.31 Å². The molecule has 8 nitrogen and oxygen atoms in total. The molecule has 1 aliphatic rings. The van der Waals surface area contributed by atoms with Crippen LogP contribution in [0.1, 0.15) is 17.9 Å². The first kappa shape index (κ1) is 24.7. The van der Waals surface area contributed by atoms with Crippen LogP contribution in [0.5, 0.6) is 5.75 Å². The molecule has 35 heavy (non-hydrogen) atoms. The summed E-state index contributed by atoms with van der Waals surface area (Å²) < 4.78 is 33.2. The molecule has 10 heteroatoms. The Hall–Kier alpha value is -3.40. The number of nitrogens with zero attached hydrogens (tertiary/aromatic N) is 1. The van der Waals surface area contributed by atoms with Gasteiger partial charge >= 0.3 is 11.9 Å². The maximum absolute atomic E-state index is 13.6. The van der Waals surface area contributed by atoms with Crippen molar-refractivity contribution in [3.63, 3.8) is 0 Å². The van der Waals surface area contributed by atoms with Gasteiger partial charge in [0, 0.05) is 10.9 Å². The Morgan fingerprint density at radius 3 is 2.11 bits per heavy atom. The van der Waals surface area contributed by atoms with E-state index in [1.807, 2.05) is 0 Å². The minimum atomic E-state index is -4.49. The second-order valence-electron chi connectivity index (χ2n) is 8.16. The molecule has 0 saturated heterocycles. The maximum Gasteiger partial charge on any atom is 0.325 e. The molecule has 0 aliphatic heterocycles. The number of carboxylic acids is 2. The van der Waals surface area contributed by atoms with E-state index in [0.717, 1.165) is 11.1 Å². The van der Waals surface area contributed by atoms with Crippen LogP contribution in [-0.4, -0.2) is 54.1 Å². The number of sulfonamides is 1. The first-order valence-corrected chi connectivity index (χ1v) is 12.4. The van der Waals surface area contributed by atoms with Gasteiger partial charge in [-0.25, -0.2) is 8.42 Å². The Kier molecular flexibility index (Phi) is 6.59. The molecule has 4 rings (SSSR count). The van der Waals surface area contributed by atoms with Crippen LogP contribution in [0.4, 0.5) is 0 Å². The minimum absolute atomic E-state index is 0.0852. The summed E-state index contributed by atoms with van der Waals surface area (Å²) in [4.78, 5) is 24.0. The number of carboxylic acid groups (broad SMARTS) is 2. The zero-order valence-electron chi connectivity index (χ0n) is 18.6. The van der Waals surface area contributed by atoms with E-state index in [1.54, 1.807) is 60.7 Å². The molecule has 0 spiro atoms. The summed E-state index contributed by atoms with van der Waals surface area (Å²) in [6.07, 6.45) is -0.0852. The lowest BCUT2D eigenvalue weighted by Gasteiger charge is -2.28. The third-order valence-electron chi connectivity index (χ3n) is 6.16. The zero-order valence-corrected chi connectivity index (χ0v) is 20.2. The predicted molar refractivity (Wildman–Crippen MR) is 129 cm³/mol. The van der Waals surface area contributed by atoms with Crippen LogP contribution in [0, 0.1) is 0 Å². The van der Waals surface area contributed by atoms with E-state index in [-0.39, 0.29) is 11.3 Å². The number of rotatable bonds is 9. The van der Waals surface area contributed by atoms with E-state index >= 15 is 0 Å². The molecule has 0 heterocycles. The molecule has 3 aromatic carbocycles. The Labute approximate surface area is 207 Å². The summed E-state index contributed by atoms with van der Waals surface area (Å²) in [6.45, 7) is -1.00. The van der Waals surface area contributed by atoms with Gasteiger partial charge in [0.15, 0.2) is 0 Å². The molecule has 0 bridgehead atoms. The van der Waals surface area contributed by atoms with Crippen molar-refractivity contribution >= 4 is 33.6 Å². The number of hydrogen-bond acceptors (Lipinski definition) is 5. The van der Waals surface area contributed by atoms with Gasteiger partial charge < -0.3 is 14.9 Å². The maximum atomic E-state index is 13.6. The smallest absolute Gasteiger partial charge is 0.325 e. The monoisotopic (exact) mass is 515 g/mol. The second kappa shape index (κ2) is 9.33. The van der Waals surface area contributed by atoms with Crippen molar-refractivity contribution in [2.75, 3.05) is 13.7 Å². The third kappa shape index (κ3) is 4.50. The number of carbonyl (C=O) groups is 2. The largest absolute Gasteiger partial charge is 0.496 e. The van der Waals surface area contributed by atoms with Crippen molar-refractivity contribution in [2.24, 2.45) is 0 Å². The number of para-hydroxylation sites is 1. The average molecular weight is 516 g/mol. The van der Waals surface area contributed by atoms with Crippen LogP contribution in [0.2, 0.25) is 5.02 Å². The Morgan fingerprint density at radius 1 is 1.00 bits per heavy atom. The zero-order chi connectivity index (χ0) is 25.4. The van der Waals surface area contributed by atoms with Crippen molar-refractivity contribution in [3.8, 4) is 16.9 Å². The molecule has 0 amide bonds. The highest BCUT2D eigenvalue weighted by Gasteiger charge is 2.69. The lowest BCUT2D eigenvalue weighted by Crippen LogP contribution is -2.50. The third-order valence-corrected chi connectivity index (χ3v) is 8.32. The predicted octanol–water partition coefficient (Wildman–Crippen LogP) is 4.10. The summed E-state index contributed by atoms with van der Waals surface area (Å²) in [5.74, 6) is -3.26. The molecule has 182 valence electrons. The van der Waals surface area contributed by atoms with Crippen molar-refractivity contribution in [3.05, 3.63) is 83.4 Å². The summed E-state index contributed by atoms with van der Waals surface area (Å²) in [7, 11) is -3.06. The SMILES string of the molecule is COc1ccccc1[C@@H]1C[C@@]1(C(=O)O)N(CC(=O)O)S(=O)(=O)c1ccc(-c2ccc(Cl)cc2)cc1. The highest BCUT2D eigenvalue weighted by molar-refractivity contribution is 7.89. The van der Waals surface area contributed by atoms with E-state index in [4.69, 9.17) is 16.3 Å². The van der Waals surface area contributed by atoms with Crippen LogP contribution in [-0.2, 0) is 19.6 Å². The number of methoxy groups -OCH3 is 1. The fraction of sp³-hybridized carbons (Fsp3) is 0.200. The van der Waals surface area contributed by atoms with Crippen molar-refractivity contribution in [1.82, 2.24) is 4.31 Å². The van der Waals surface area contributed by atoms with Crippen LogP contribution < -0.4 is 4.74 Å². The van der Waals surface area contributed by atoms with Gasteiger partial charge in [0.1, 0.15) is 17.8 Å². The minimum Gasteiger partial charge on any atom is -0.496 e. The topological polar surface area (TPSA) is 121 Å². The van der Waals surface area contributed by atoms with Crippen LogP contribution in [0.15, 0.2) is 77.7 Å². The van der Waals surface area contributed by atoms with Gasteiger partial charge in [0.2, 0.25) is 10.0 Å². The highest BCUT2D eigenvalue weighted by Crippen LogP contribution is 2.59. The molecular formula is C25H22ClNO7S. The molecule has 0 aromatic heterocycles. The molecule has 1 fully saturated rings. The fourth-order valence-electron chi connectivity index (χ4n) is 4.34. The summed E-state index contributed by atoms with van der Waals surface area (Å²) in [5, 5.41) is 20.2. The van der Waals surface area contributed by atoms with Crippen molar-refractivity contribution in [1.29, 1.82) is 0 Å². The molecular weight excluding hydrogens is 494 g/mol. The molecule has 2 N–H and O–H groups in total. The van der Waals surface area contributed by atoms with Crippen LogP contribution >= 0.6 is 11.6 Å². The fourth-order valence-corrected chi connectivity index (χ4v) is 6.19. The molecule has 1 aliphatic carbocycles. The second-order valence-corrected chi connectivity index (χ2v) is 10.5. The normalized spacial score (nSPS) is 19.3. The van der Waals surface area contributed by atoms with Gasteiger partial charge in [-0.1, -0.05) is 54.1 Å². The Balaban J connectivity index is 1.75.